The maximum atomic E-state index is 11.7. The van der Waals surface area contributed by atoms with Crippen LogP contribution in [0.4, 0.5) is 0 Å². The molecule has 0 aromatic heterocycles. The first-order valence-corrected chi connectivity index (χ1v) is 6.06. The van der Waals surface area contributed by atoms with Crippen molar-refractivity contribution in [1.29, 1.82) is 0 Å². The quantitative estimate of drug-likeness (QED) is 0.633. The molecule has 0 aliphatic heterocycles. The van der Waals surface area contributed by atoms with Crippen LogP contribution in [0.1, 0.15) is 20.7 Å². The summed E-state index contributed by atoms with van der Waals surface area (Å²) in [6, 6.07) is 10.3. The summed E-state index contributed by atoms with van der Waals surface area (Å²) in [6.07, 6.45) is 1.52. The molecule has 0 saturated heterocycles. The number of esters is 2. The average Bonchev–Trinajstić information content (AvgIpc) is 2.50. The Labute approximate surface area is 116 Å². The highest BCUT2D eigenvalue weighted by Gasteiger charge is 2.09. The lowest BCUT2D eigenvalue weighted by Gasteiger charge is -2.05. The van der Waals surface area contributed by atoms with Gasteiger partial charge in [-0.2, -0.15) is 0 Å². The number of fused-ring (bicyclic) bond motifs is 1. The summed E-state index contributed by atoms with van der Waals surface area (Å²) in [6.45, 7) is 3.67. The molecule has 0 atom stereocenters. The van der Waals surface area contributed by atoms with Gasteiger partial charge < -0.3 is 9.47 Å². The molecule has 0 unspecified atom stereocenters. The van der Waals surface area contributed by atoms with Crippen LogP contribution in [-0.4, -0.2) is 25.7 Å². The summed E-state index contributed by atoms with van der Waals surface area (Å²) in [5.41, 5.74) is 0.937. The van der Waals surface area contributed by atoms with Crippen molar-refractivity contribution < 1.29 is 19.1 Å². The van der Waals surface area contributed by atoms with Crippen LogP contribution >= 0.6 is 0 Å². The second-order valence-corrected chi connectivity index (χ2v) is 4.16. The average molecular weight is 270 g/mol. The smallest absolute Gasteiger partial charge is 0.338 e. The first-order chi connectivity index (χ1) is 9.65. The molecule has 20 heavy (non-hydrogen) atoms. The predicted molar refractivity (Wildman–Crippen MR) is 75.8 cm³/mol. The van der Waals surface area contributed by atoms with E-state index in [0.717, 1.165) is 10.8 Å². The van der Waals surface area contributed by atoms with Crippen molar-refractivity contribution in [1.82, 2.24) is 0 Å². The van der Waals surface area contributed by atoms with Crippen LogP contribution in [0.3, 0.4) is 0 Å². The minimum atomic E-state index is -0.399. The summed E-state index contributed by atoms with van der Waals surface area (Å²) in [5.74, 6) is -0.787. The number of carbonyl (C=O) groups is 2. The van der Waals surface area contributed by atoms with Crippen molar-refractivity contribution in [3.63, 3.8) is 0 Å². The van der Waals surface area contributed by atoms with Gasteiger partial charge in [-0.25, -0.2) is 9.59 Å². The Hall–Kier alpha value is -2.62. The van der Waals surface area contributed by atoms with E-state index in [1.165, 1.54) is 13.2 Å². The van der Waals surface area contributed by atoms with E-state index in [0.29, 0.717) is 11.1 Å². The van der Waals surface area contributed by atoms with Gasteiger partial charge in [-0.1, -0.05) is 24.8 Å². The fraction of sp³-hybridized carbons (Fsp3) is 0.125. The fourth-order valence-electron chi connectivity index (χ4n) is 1.84. The van der Waals surface area contributed by atoms with Crippen LogP contribution in [0.25, 0.3) is 10.8 Å². The SMILES string of the molecule is C=CCOC(=O)c1ccc2cc(C(=O)OC)ccc2c1. The number of hydrogen-bond acceptors (Lipinski definition) is 4. The molecule has 2 aromatic rings. The number of ether oxygens (including phenoxy) is 2. The van der Waals surface area contributed by atoms with Crippen molar-refractivity contribution in [2.24, 2.45) is 0 Å². The lowest BCUT2D eigenvalue weighted by atomic mass is 10.0. The van der Waals surface area contributed by atoms with Crippen molar-refractivity contribution in [3.8, 4) is 0 Å². The van der Waals surface area contributed by atoms with Crippen molar-refractivity contribution in [2.45, 2.75) is 0 Å². The Balaban J connectivity index is 2.33. The van der Waals surface area contributed by atoms with E-state index < -0.39 is 5.97 Å². The molecule has 0 bridgehead atoms. The van der Waals surface area contributed by atoms with Gasteiger partial charge in [0.2, 0.25) is 0 Å². The molecular weight excluding hydrogens is 256 g/mol. The van der Waals surface area contributed by atoms with Crippen LogP contribution in [0.15, 0.2) is 49.1 Å². The van der Waals surface area contributed by atoms with Crippen molar-refractivity contribution in [3.05, 3.63) is 60.2 Å². The monoisotopic (exact) mass is 270 g/mol. The van der Waals surface area contributed by atoms with Crippen LogP contribution in [-0.2, 0) is 9.47 Å². The second-order valence-electron chi connectivity index (χ2n) is 4.16. The van der Waals surface area contributed by atoms with Crippen LogP contribution in [0, 0.1) is 0 Å². The first kappa shape index (κ1) is 13.8. The molecule has 4 nitrogen and oxygen atoms in total. The molecule has 0 heterocycles. The van der Waals surface area contributed by atoms with Gasteiger partial charge >= 0.3 is 11.9 Å². The molecular formula is C16H14O4. The van der Waals surface area contributed by atoms with Gasteiger partial charge in [-0.15, -0.1) is 0 Å². The van der Waals surface area contributed by atoms with Crippen LogP contribution in [0.2, 0.25) is 0 Å². The molecule has 2 aromatic carbocycles. The molecule has 0 spiro atoms. The number of carbonyl (C=O) groups excluding carboxylic acids is 2. The maximum Gasteiger partial charge on any atom is 0.338 e. The molecule has 0 saturated carbocycles. The third kappa shape index (κ3) is 2.85. The predicted octanol–water partition coefficient (Wildman–Crippen LogP) is 2.97. The third-order valence-corrected chi connectivity index (χ3v) is 2.83. The molecule has 4 heteroatoms. The summed E-state index contributed by atoms with van der Waals surface area (Å²) in [7, 11) is 1.34. The van der Waals surface area contributed by atoms with E-state index in [-0.39, 0.29) is 12.6 Å². The van der Waals surface area contributed by atoms with Gasteiger partial charge in [-0.05, 0) is 35.0 Å². The second kappa shape index (κ2) is 6.02. The Morgan fingerprint density at radius 1 is 1.05 bits per heavy atom. The van der Waals surface area contributed by atoms with E-state index in [2.05, 4.69) is 11.3 Å². The number of benzene rings is 2. The van der Waals surface area contributed by atoms with Gasteiger partial charge in [0, 0.05) is 0 Å². The van der Waals surface area contributed by atoms with Crippen LogP contribution < -0.4 is 0 Å². The van der Waals surface area contributed by atoms with E-state index >= 15 is 0 Å². The minimum Gasteiger partial charge on any atom is -0.465 e. The molecule has 0 N–H and O–H groups in total. The number of rotatable bonds is 4. The standard InChI is InChI=1S/C16H14O4/c1-3-8-20-16(18)14-7-5-11-9-13(15(17)19-2)6-4-12(11)10-14/h3-7,9-10H,1,8H2,2H3. The first-order valence-electron chi connectivity index (χ1n) is 6.06. The van der Waals surface area contributed by atoms with E-state index in [9.17, 15) is 9.59 Å². The summed E-state index contributed by atoms with van der Waals surface area (Å²) in [4.78, 5) is 23.2. The highest BCUT2D eigenvalue weighted by Crippen LogP contribution is 2.19. The number of hydrogen-bond donors (Lipinski definition) is 0. The van der Waals surface area contributed by atoms with Gasteiger partial charge in [0.25, 0.3) is 0 Å². The zero-order chi connectivity index (χ0) is 14.5. The zero-order valence-electron chi connectivity index (χ0n) is 11.1. The van der Waals surface area contributed by atoms with E-state index in [4.69, 9.17) is 4.74 Å². The van der Waals surface area contributed by atoms with Crippen molar-refractivity contribution in [2.75, 3.05) is 13.7 Å². The van der Waals surface area contributed by atoms with E-state index in [1.54, 1.807) is 36.4 Å². The fourth-order valence-corrected chi connectivity index (χ4v) is 1.84. The van der Waals surface area contributed by atoms with Gasteiger partial charge in [0.05, 0.1) is 18.2 Å². The van der Waals surface area contributed by atoms with Gasteiger partial charge in [-0.3, -0.25) is 0 Å². The van der Waals surface area contributed by atoms with Crippen molar-refractivity contribution >= 4 is 22.7 Å². The third-order valence-electron chi connectivity index (χ3n) is 2.83. The Bertz CT molecular complexity index is 673. The highest BCUT2D eigenvalue weighted by atomic mass is 16.5. The molecule has 102 valence electrons. The largest absolute Gasteiger partial charge is 0.465 e. The molecule has 0 radical (unpaired) electrons. The summed E-state index contributed by atoms with van der Waals surface area (Å²) < 4.78 is 9.64. The maximum absolute atomic E-state index is 11.7. The van der Waals surface area contributed by atoms with Gasteiger partial charge in [0.15, 0.2) is 0 Å². The lowest BCUT2D eigenvalue weighted by Crippen LogP contribution is -2.05. The minimum absolute atomic E-state index is 0.179. The molecule has 0 aliphatic carbocycles. The highest BCUT2D eigenvalue weighted by molar-refractivity contribution is 5.98. The Morgan fingerprint density at radius 3 is 2.10 bits per heavy atom. The Kier molecular flexibility index (Phi) is 4.15. The molecule has 2 rings (SSSR count). The van der Waals surface area contributed by atoms with Crippen LogP contribution in [0.5, 0.6) is 0 Å². The topological polar surface area (TPSA) is 52.6 Å². The summed E-state index contributed by atoms with van der Waals surface area (Å²) in [5, 5.41) is 1.71. The number of methoxy groups -OCH3 is 1. The molecule has 0 amide bonds. The Morgan fingerprint density at radius 2 is 1.60 bits per heavy atom. The molecule has 0 fully saturated rings. The molecule has 0 aliphatic rings. The summed E-state index contributed by atoms with van der Waals surface area (Å²) >= 11 is 0. The van der Waals surface area contributed by atoms with E-state index in [1.807, 2.05) is 0 Å². The zero-order valence-corrected chi connectivity index (χ0v) is 11.1. The normalized spacial score (nSPS) is 10.1. The lowest BCUT2D eigenvalue weighted by molar-refractivity contribution is 0.0548. The van der Waals surface area contributed by atoms with Gasteiger partial charge in [0.1, 0.15) is 6.61 Å².